The van der Waals surface area contributed by atoms with Crippen molar-refractivity contribution in [2.24, 2.45) is 0 Å². The predicted molar refractivity (Wildman–Crippen MR) is 57.1 cm³/mol. The van der Waals surface area contributed by atoms with Gasteiger partial charge in [-0.2, -0.15) is 0 Å². The Kier molecular flexibility index (Phi) is 3.18. The van der Waals surface area contributed by atoms with Gasteiger partial charge in [-0.3, -0.25) is 0 Å². The van der Waals surface area contributed by atoms with Gasteiger partial charge in [0.05, 0.1) is 10.9 Å². The third kappa shape index (κ3) is 2.02. The second kappa shape index (κ2) is 4.17. The molecule has 62 valence electrons. The van der Waals surface area contributed by atoms with Crippen LogP contribution in [-0.4, -0.2) is 0 Å². The monoisotopic (exact) mass is 177 g/mol. The summed E-state index contributed by atoms with van der Waals surface area (Å²) in [5.74, 6) is 0. The van der Waals surface area contributed by atoms with Gasteiger partial charge in [-0.15, -0.1) is 0 Å². The Morgan fingerprint density at radius 1 is 1.33 bits per heavy atom. The normalized spacial score (nSPS) is 12.1. The van der Waals surface area contributed by atoms with Crippen molar-refractivity contribution in [1.82, 2.24) is 0 Å². The van der Waals surface area contributed by atoms with Gasteiger partial charge >= 0.3 is 0 Å². The van der Waals surface area contributed by atoms with Crippen molar-refractivity contribution in [2.45, 2.75) is 11.8 Å². The molecular weight excluding hydrogens is 164 g/mol. The van der Waals surface area contributed by atoms with Crippen LogP contribution >= 0.6 is 0 Å². The summed E-state index contributed by atoms with van der Waals surface area (Å²) in [4.78, 5) is 2.45. The van der Waals surface area contributed by atoms with Crippen molar-refractivity contribution in [3.05, 3.63) is 53.8 Å². The average Bonchev–Trinajstić information content (AvgIpc) is 2.07. The molecule has 0 fully saturated rings. The summed E-state index contributed by atoms with van der Waals surface area (Å²) in [6.07, 6.45) is 0. The van der Waals surface area contributed by atoms with E-state index in [2.05, 4.69) is 25.3 Å². The lowest BCUT2D eigenvalue weighted by atomic mass is 10.4. The minimum atomic E-state index is 0.0229. The SMILES string of the molecule is C=C[S+](C(=C)C)c1ccccc1. The van der Waals surface area contributed by atoms with Gasteiger partial charge in [0.25, 0.3) is 0 Å². The minimum Gasteiger partial charge on any atom is -0.0619 e. The molecule has 0 N–H and O–H groups in total. The number of hydrogen-bond acceptors (Lipinski definition) is 0. The van der Waals surface area contributed by atoms with Crippen molar-refractivity contribution in [2.75, 3.05) is 0 Å². The van der Waals surface area contributed by atoms with Crippen LogP contribution in [-0.2, 0) is 10.9 Å². The molecule has 0 aromatic heterocycles. The fourth-order valence-corrected chi connectivity index (χ4v) is 2.34. The van der Waals surface area contributed by atoms with Crippen LogP contribution in [0.5, 0.6) is 0 Å². The molecule has 0 aliphatic heterocycles. The maximum absolute atomic E-state index is 3.94. The molecule has 1 rings (SSSR count). The average molecular weight is 177 g/mol. The molecule has 0 bridgehead atoms. The Morgan fingerprint density at radius 3 is 2.33 bits per heavy atom. The van der Waals surface area contributed by atoms with E-state index in [-0.39, 0.29) is 10.9 Å². The van der Waals surface area contributed by atoms with Crippen LogP contribution in [0.2, 0.25) is 0 Å². The lowest BCUT2D eigenvalue weighted by Crippen LogP contribution is -1.97. The highest BCUT2D eigenvalue weighted by Crippen LogP contribution is 2.20. The van der Waals surface area contributed by atoms with E-state index in [0.717, 1.165) is 4.91 Å². The molecule has 0 nitrogen and oxygen atoms in total. The largest absolute Gasteiger partial charge is 0.165 e. The van der Waals surface area contributed by atoms with Gasteiger partial charge in [0.2, 0.25) is 0 Å². The van der Waals surface area contributed by atoms with Crippen LogP contribution in [0.25, 0.3) is 0 Å². The fraction of sp³-hybridized carbons (Fsp3) is 0.0909. The van der Waals surface area contributed by atoms with Crippen LogP contribution in [0, 0.1) is 0 Å². The van der Waals surface area contributed by atoms with Gasteiger partial charge in [0, 0.05) is 6.92 Å². The van der Waals surface area contributed by atoms with Gasteiger partial charge in [-0.05, 0) is 18.7 Å². The molecule has 12 heavy (non-hydrogen) atoms. The maximum Gasteiger partial charge on any atom is 0.165 e. The summed E-state index contributed by atoms with van der Waals surface area (Å²) in [6.45, 7) is 9.79. The van der Waals surface area contributed by atoms with Crippen LogP contribution < -0.4 is 0 Å². The van der Waals surface area contributed by atoms with E-state index in [1.54, 1.807) is 0 Å². The first-order valence-electron chi connectivity index (χ1n) is 3.82. The van der Waals surface area contributed by atoms with Crippen molar-refractivity contribution in [1.29, 1.82) is 0 Å². The highest BCUT2D eigenvalue weighted by molar-refractivity contribution is 8.03. The zero-order chi connectivity index (χ0) is 8.97. The maximum atomic E-state index is 3.94. The van der Waals surface area contributed by atoms with E-state index in [0.29, 0.717) is 0 Å². The van der Waals surface area contributed by atoms with Crippen LogP contribution in [0.15, 0.2) is 58.7 Å². The van der Waals surface area contributed by atoms with Crippen molar-refractivity contribution in [3.63, 3.8) is 0 Å². The quantitative estimate of drug-likeness (QED) is 0.621. The van der Waals surface area contributed by atoms with E-state index in [1.165, 1.54) is 4.90 Å². The van der Waals surface area contributed by atoms with E-state index in [1.807, 2.05) is 30.5 Å². The molecule has 0 saturated heterocycles. The Morgan fingerprint density at radius 2 is 1.92 bits per heavy atom. The molecule has 0 heterocycles. The summed E-state index contributed by atoms with van der Waals surface area (Å²) in [5.41, 5.74) is 0. The van der Waals surface area contributed by atoms with Crippen LogP contribution in [0.4, 0.5) is 0 Å². The van der Waals surface area contributed by atoms with Crippen molar-refractivity contribution >= 4 is 10.9 Å². The van der Waals surface area contributed by atoms with E-state index in [4.69, 9.17) is 0 Å². The Labute approximate surface area is 77.0 Å². The highest BCUT2D eigenvalue weighted by Gasteiger charge is 2.18. The molecule has 1 aromatic rings. The van der Waals surface area contributed by atoms with Gasteiger partial charge < -0.3 is 0 Å². The lowest BCUT2D eigenvalue weighted by molar-refractivity contribution is 1.45. The molecule has 0 radical (unpaired) electrons. The van der Waals surface area contributed by atoms with Gasteiger partial charge in [0.1, 0.15) is 10.3 Å². The summed E-state index contributed by atoms with van der Waals surface area (Å²) >= 11 is 0. The molecule has 1 aromatic carbocycles. The second-order valence-electron chi connectivity index (χ2n) is 2.52. The van der Waals surface area contributed by atoms with E-state index in [9.17, 15) is 0 Å². The van der Waals surface area contributed by atoms with E-state index < -0.39 is 0 Å². The molecule has 0 aliphatic carbocycles. The van der Waals surface area contributed by atoms with Crippen LogP contribution in [0.1, 0.15) is 6.92 Å². The summed E-state index contributed by atoms with van der Waals surface area (Å²) in [6, 6.07) is 10.3. The van der Waals surface area contributed by atoms with Crippen molar-refractivity contribution in [3.8, 4) is 0 Å². The predicted octanol–water partition coefficient (Wildman–Crippen LogP) is 3.34. The topological polar surface area (TPSA) is 0 Å². The number of benzene rings is 1. The molecule has 1 atom stereocenters. The highest BCUT2D eigenvalue weighted by atomic mass is 32.2. The lowest BCUT2D eigenvalue weighted by Gasteiger charge is -1.99. The molecular formula is C11H13S+. The fourth-order valence-electron chi connectivity index (χ4n) is 1.01. The molecule has 1 heteroatoms. The molecule has 0 aliphatic rings. The van der Waals surface area contributed by atoms with Gasteiger partial charge in [-0.1, -0.05) is 24.8 Å². The zero-order valence-corrected chi connectivity index (χ0v) is 8.10. The third-order valence-electron chi connectivity index (χ3n) is 1.54. The molecule has 0 saturated carbocycles. The first-order valence-corrected chi connectivity index (χ1v) is 5.10. The second-order valence-corrected chi connectivity index (χ2v) is 4.70. The number of hydrogen-bond donors (Lipinski definition) is 0. The first kappa shape index (κ1) is 9.14. The Bertz CT molecular complexity index is 274. The van der Waals surface area contributed by atoms with Crippen molar-refractivity contribution < 1.29 is 0 Å². The van der Waals surface area contributed by atoms with E-state index >= 15 is 0 Å². The summed E-state index contributed by atoms with van der Waals surface area (Å²) in [5, 5.41) is 1.96. The first-order chi connectivity index (χ1) is 5.75. The zero-order valence-electron chi connectivity index (χ0n) is 7.29. The van der Waals surface area contributed by atoms with Gasteiger partial charge in [0.15, 0.2) is 4.90 Å². The molecule has 1 unspecified atom stereocenters. The number of rotatable bonds is 3. The standard InChI is InChI=1S/C11H13S/c1-4-12(10(2)3)11-8-6-5-7-9-11/h4-9H,1-2H2,3H3/q+1. The molecule has 0 amide bonds. The smallest absolute Gasteiger partial charge is 0.0619 e. The summed E-state index contributed by atoms with van der Waals surface area (Å²) in [7, 11) is 0.0229. The Hall–Kier alpha value is -0.950. The molecule has 0 spiro atoms. The summed E-state index contributed by atoms with van der Waals surface area (Å²) < 4.78 is 0. The number of allylic oxidation sites excluding steroid dienone is 1. The third-order valence-corrected chi connectivity index (χ3v) is 3.40. The minimum absolute atomic E-state index is 0.0229. The van der Waals surface area contributed by atoms with Gasteiger partial charge in [-0.25, -0.2) is 0 Å². The van der Waals surface area contributed by atoms with Crippen LogP contribution in [0.3, 0.4) is 0 Å². The Balaban J connectivity index is 2.95.